The number of thiophene rings is 1. The van der Waals surface area contributed by atoms with Crippen molar-refractivity contribution < 1.29 is 4.42 Å². The first kappa shape index (κ1) is 7.55. The van der Waals surface area contributed by atoms with Crippen LogP contribution in [-0.4, -0.2) is 4.98 Å². The van der Waals surface area contributed by atoms with Crippen molar-refractivity contribution in [3.63, 3.8) is 0 Å². The SMILES string of the molecule is C[C](c1ncco1)c1cccs1. The van der Waals surface area contributed by atoms with Gasteiger partial charge in [-0.1, -0.05) is 6.07 Å². The third kappa shape index (κ3) is 1.28. The van der Waals surface area contributed by atoms with Crippen LogP contribution in [0, 0.1) is 5.92 Å². The Labute approximate surface area is 74.9 Å². The fourth-order valence-electron chi connectivity index (χ4n) is 1.01. The molecule has 2 nitrogen and oxygen atoms in total. The average molecular weight is 178 g/mol. The fraction of sp³-hybridized carbons (Fsp3) is 0.111. The molecule has 61 valence electrons. The van der Waals surface area contributed by atoms with Gasteiger partial charge in [0, 0.05) is 4.88 Å². The number of oxazole rings is 1. The summed E-state index contributed by atoms with van der Waals surface area (Å²) >= 11 is 1.69. The molecule has 0 spiro atoms. The third-order valence-electron chi connectivity index (χ3n) is 1.64. The van der Waals surface area contributed by atoms with Crippen LogP contribution in [0.4, 0.5) is 0 Å². The van der Waals surface area contributed by atoms with E-state index in [1.54, 1.807) is 23.8 Å². The van der Waals surface area contributed by atoms with Gasteiger partial charge < -0.3 is 4.42 Å². The molecule has 0 aliphatic heterocycles. The highest BCUT2D eigenvalue weighted by Crippen LogP contribution is 2.24. The van der Waals surface area contributed by atoms with Crippen LogP contribution in [-0.2, 0) is 0 Å². The quantitative estimate of drug-likeness (QED) is 0.706. The van der Waals surface area contributed by atoms with Gasteiger partial charge in [-0.15, -0.1) is 11.3 Å². The van der Waals surface area contributed by atoms with E-state index in [0.29, 0.717) is 5.89 Å². The highest BCUT2D eigenvalue weighted by atomic mass is 32.1. The Morgan fingerprint density at radius 1 is 1.58 bits per heavy atom. The molecule has 2 heterocycles. The topological polar surface area (TPSA) is 26.0 Å². The van der Waals surface area contributed by atoms with E-state index in [1.807, 2.05) is 18.4 Å². The minimum atomic E-state index is 0.706. The molecule has 0 fully saturated rings. The molecule has 0 N–H and O–H groups in total. The van der Waals surface area contributed by atoms with Gasteiger partial charge in [0.15, 0.2) is 0 Å². The van der Waals surface area contributed by atoms with E-state index in [4.69, 9.17) is 4.42 Å². The molecular weight excluding hydrogens is 170 g/mol. The summed E-state index contributed by atoms with van der Waals surface area (Å²) in [7, 11) is 0. The Hall–Kier alpha value is -1.09. The van der Waals surface area contributed by atoms with E-state index in [9.17, 15) is 0 Å². The maximum Gasteiger partial charge on any atom is 0.206 e. The van der Waals surface area contributed by atoms with Crippen LogP contribution in [0.1, 0.15) is 17.7 Å². The second-order valence-electron chi connectivity index (χ2n) is 2.44. The smallest absolute Gasteiger partial charge is 0.206 e. The Kier molecular flexibility index (Phi) is 1.96. The molecule has 0 saturated heterocycles. The second kappa shape index (κ2) is 3.11. The van der Waals surface area contributed by atoms with Crippen LogP contribution in [0.25, 0.3) is 0 Å². The predicted molar refractivity (Wildman–Crippen MR) is 47.9 cm³/mol. The summed E-state index contributed by atoms with van der Waals surface area (Å²) in [6.45, 7) is 2.01. The van der Waals surface area contributed by atoms with Crippen LogP contribution in [0.15, 0.2) is 34.4 Å². The van der Waals surface area contributed by atoms with Crippen molar-refractivity contribution in [3.05, 3.63) is 46.7 Å². The van der Waals surface area contributed by atoms with Gasteiger partial charge in [-0.3, -0.25) is 0 Å². The molecule has 12 heavy (non-hydrogen) atoms. The number of hydrogen-bond acceptors (Lipinski definition) is 3. The monoisotopic (exact) mass is 178 g/mol. The number of hydrogen-bond donors (Lipinski definition) is 0. The first-order valence-electron chi connectivity index (χ1n) is 3.65. The molecule has 0 aliphatic carbocycles. The lowest BCUT2D eigenvalue weighted by atomic mass is 10.1. The van der Waals surface area contributed by atoms with Gasteiger partial charge in [0.2, 0.25) is 5.89 Å². The summed E-state index contributed by atoms with van der Waals surface area (Å²) in [6, 6.07) is 4.08. The molecule has 3 heteroatoms. The van der Waals surface area contributed by atoms with E-state index in [1.165, 1.54) is 4.88 Å². The molecular formula is C9H8NOS. The summed E-state index contributed by atoms with van der Waals surface area (Å²) in [6.07, 6.45) is 3.25. The molecule has 2 rings (SSSR count). The van der Waals surface area contributed by atoms with Gasteiger partial charge >= 0.3 is 0 Å². The molecule has 0 bridgehead atoms. The van der Waals surface area contributed by atoms with E-state index < -0.39 is 0 Å². The Bertz CT molecular complexity index is 291. The van der Waals surface area contributed by atoms with Crippen LogP contribution >= 0.6 is 11.3 Å². The summed E-state index contributed by atoms with van der Waals surface area (Å²) < 4.78 is 5.18. The van der Waals surface area contributed by atoms with Crippen molar-refractivity contribution in [2.24, 2.45) is 0 Å². The lowest BCUT2D eigenvalue weighted by Gasteiger charge is -2.01. The lowest BCUT2D eigenvalue weighted by Crippen LogP contribution is -1.93. The van der Waals surface area contributed by atoms with Crippen molar-refractivity contribution in [3.8, 4) is 0 Å². The standard InChI is InChI=1S/C9H8NOS/c1-7(8-3-2-6-12-8)9-10-4-5-11-9/h2-6H,1H3. The molecule has 0 atom stereocenters. The molecule has 0 amide bonds. The van der Waals surface area contributed by atoms with Crippen LogP contribution < -0.4 is 0 Å². The molecule has 0 saturated carbocycles. The van der Waals surface area contributed by atoms with Crippen LogP contribution in [0.2, 0.25) is 0 Å². The van der Waals surface area contributed by atoms with Gasteiger partial charge in [-0.05, 0) is 18.4 Å². The molecule has 0 aliphatic rings. The first-order chi connectivity index (χ1) is 5.88. The largest absolute Gasteiger partial charge is 0.448 e. The first-order valence-corrected chi connectivity index (χ1v) is 4.53. The molecule has 1 radical (unpaired) electrons. The van der Waals surface area contributed by atoms with Gasteiger partial charge in [0.25, 0.3) is 0 Å². The summed E-state index contributed by atoms with van der Waals surface area (Å²) in [5.74, 6) is 1.80. The minimum absolute atomic E-state index is 0.706. The normalized spacial score (nSPS) is 10.8. The summed E-state index contributed by atoms with van der Waals surface area (Å²) in [5.41, 5.74) is 0. The molecule has 2 aromatic heterocycles. The predicted octanol–water partition coefficient (Wildman–Crippen LogP) is 2.73. The average Bonchev–Trinajstić information content (AvgIpc) is 2.77. The molecule has 2 aromatic rings. The number of aromatic nitrogens is 1. The Balaban J connectivity index is 2.27. The van der Waals surface area contributed by atoms with Crippen molar-refractivity contribution in [1.82, 2.24) is 4.98 Å². The van der Waals surface area contributed by atoms with Gasteiger partial charge in [0.1, 0.15) is 6.26 Å². The fourth-order valence-corrected chi connectivity index (χ4v) is 1.73. The summed E-state index contributed by atoms with van der Waals surface area (Å²) in [5, 5.41) is 2.04. The zero-order valence-corrected chi connectivity index (χ0v) is 7.47. The van der Waals surface area contributed by atoms with Gasteiger partial charge in [-0.25, -0.2) is 4.98 Å². The molecule has 0 unspecified atom stereocenters. The van der Waals surface area contributed by atoms with E-state index >= 15 is 0 Å². The van der Waals surface area contributed by atoms with Crippen molar-refractivity contribution in [2.45, 2.75) is 6.92 Å². The highest BCUT2D eigenvalue weighted by Gasteiger charge is 2.13. The Morgan fingerprint density at radius 3 is 3.08 bits per heavy atom. The maximum absolute atomic E-state index is 5.18. The van der Waals surface area contributed by atoms with Crippen molar-refractivity contribution in [1.29, 1.82) is 0 Å². The Morgan fingerprint density at radius 2 is 2.50 bits per heavy atom. The molecule has 0 aromatic carbocycles. The second-order valence-corrected chi connectivity index (χ2v) is 3.39. The van der Waals surface area contributed by atoms with Crippen LogP contribution in [0.3, 0.4) is 0 Å². The number of nitrogens with zero attached hydrogens (tertiary/aromatic N) is 1. The third-order valence-corrected chi connectivity index (χ3v) is 2.63. The minimum Gasteiger partial charge on any atom is -0.448 e. The zero-order valence-electron chi connectivity index (χ0n) is 6.65. The highest BCUT2D eigenvalue weighted by molar-refractivity contribution is 7.10. The van der Waals surface area contributed by atoms with Crippen LogP contribution in [0.5, 0.6) is 0 Å². The lowest BCUT2D eigenvalue weighted by molar-refractivity contribution is 0.518. The van der Waals surface area contributed by atoms with Crippen molar-refractivity contribution >= 4 is 11.3 Å². The van der Waals surface area contributed by atoms with Gasteiger partial charge in [-0.2, -0.15) is 0 Å². The zero-order chi connectivity index (χ0) is 8.39. The van der Waals surface area contributed by atoms with Gasteiger partial charge in [0.05, 0.1) is 12.1 Å². The maximum atomic E-state index is 5.18. The van der Waals surface area contributed by atoms with Crippen molar-refractivity contribution in [2.75, 3.05) is 0 Å². The van der Waals surface area contributed by atoms with E-state index in [-0.39, 0.29) is 0 Å². The number of rotatable bonds is 2. The van der Waals surface area contributed by atoms with E-state index in [0.717, 1.165) is 5.92 Å². The summed E-state index contributed by atoms with van der Waals surface area (Å²) in [4.78, 5) is 5.28. The van der Waals surface area contributed by atoms with E-state index in [2.05, 4.69) is 11.1 Å².